The molecule has 0 bridgehead atoms. The Morgan fingerprint density at radius 2 is 1.46 bits per heavy atom. The number of benzene rings is 3. The fourth-order valence-electron chi connectivity index (χ4n) is 3.49. The van der Waals surface area contributed by atoms with Gasteiger partial charge in [-0.1, -0.05) is 18.2 Å². The Morgan fingerprint density at radius 3 is 2.14 bits per heavy atom. The first-order valence-electron chi connectivity index (χ1n) is 10.8. The summed E-state index contributed by atoms with van der Waals surface area (Å²) in [7, 11) is 7.85. The van der Waals surface area contributed by atoms with Gasteiger partial charge in [-0.2, -0.15) is 0 Å². The minimum Gasteiger partial charge on any atom is -0.497 e. The Bertz CT molecular complexity index is 1240. The van der Waals surface area contributed by atoms with Crippen molar-refractivity contribution in [3.63, 3.8) is 0 Å². The van der Waals surface area contributed by atoms with Crippen molar-refractivity contribution in [2.75, 3.05) is 42.1 Å². The molecule has 0 N–H and O–H groups in total. The zero-order chi connectivity index (χ0) is 25.4. The van der Waals surface area contributed by atoms with Crippen LogP contribution in [0.2, 0.25) is 0 Å². The second kappa shape index (κ2) is 11.8. The first-order chi connectivity index (χ1) is 16.9. The van der Waals surface area contributed by atoms with Gasteiger partial charge in [0.1, 0.15) is 11.5 Å². The van der Waals surface area contributed by atoms with Gasteiger partial charge < -0.3 is 28.6 Å². The molecule has 0 aliphatic heterocycles. The fourth-order valence-corrected chi connectivity index (χ4v) is 3.49. The number of fused-ring (bicyclic) bond motifs is 1. The van der Waals surface area contributed by atoms with Crippen LogP contribution in [0.15, 0.2) is 54.6 Å². The van der Waals surface area contributed by atoms with E-state index in [-0.39, 0.29) is 12.5 Å². The average Bonchev–Trinajstić information content (AvgIpc) is 2.89. The van der Waals surface area contributed by atoms with Crippen LogP contribution in [0.25, 0.3) is 16.8 Å². The molecule has 0 heterocycles. The predicted octanol–water partition coefficient (Wildman–Crippen LogP) is 4.09. The number of carbonyl (C=O) groups is 2. The number of ether oxygens (including phenoxy) is 5. The standard InChI is InChI=1S/C27H29NO7/c1-28(16-18-6-7-20-13-22(31-2)10-8-19(20)12-18)26(29)17-35-27(30)11-9-21-14-24(33-4)25(34-5)15-23(21)32-3/h6-15H,16-17H2,1-5H3/b11-9+. The topological polar surface area (TPSA) is 83.5 Å². The van der Waals surface area contributed by atoms with Crippen LogP contribution in [0, 0.1) is 0 Å². The molecule has 3 aromatic rings. The van der Waals surface area contributed by atoms with E-state index in [9.17, 15) is 9.59 Å². The van der Waals surface area contributed by atoms with Crippen molar-refractivity contribution in [2.24, 2.45) is 0 Å². The van der Waals surface area contributed by atoms with E-state index in [4.69, 9.17) is 23.7 Å². The van der Waals surface area contributed by atoms with Crippen LogP contribution in [0.5, 0.6) is 23.0 Å². The number of carbonyl (C=O) groups excluding carboxylic acids is 2. The molecular weight excluding hydrogens is 450 g/mol. The molecule has 0 atom stereocenters. The smallest absolute Gasteiger partial charge is 0.331 e. The molecule has 0 spiro atoms. The molecule has 0 saturated carbocycles. The van der Waals surface area contributed by atoms with E-state index in [0.717, 1.165) is 22.1 Å². The predicted molar refractivity (Wildman–Crippen MR) is 133 cm³/mol. The van der Waals surface area contributed by atoms with Crippen molar-refractivity contribution < 1.29 is 33.3 Å². The minimum atomic E-state index is -0.650. The Balaban J connectivity index is 1.57. The molecule has 3 rings (SSSR count). The number of nitrogens with zero attached hydrogens (tertiary/aromatic N) is 1. The van der Waals surface area contributed by atoms with E-state index in [1.54, 1.807) is 26.3 Å². The largest absolute Gasteiger partial charge is 0.497 e. The number of methoxy groups -OCH3 is 4. The summed E-state index contributed by atoms with van der Waals surface area (Å²) in [5, 5.41) is 2.10. The number of likely N-dealkylation sites (N-methyl/N-ethyl adjacent to an activating group) is 1. The number of hydrogen-bond acceptors (Lipinski definition) is 7. The van der Waals surface area contributed by atoms with Crippen molar-refractivity contribution in [2.45, 2.75) is 6.54 Å². The second-order valence-electron chi connectivity index (χ2n) is 7.69. The van der Waals surface area contributed by atoms with Crippen molar-refractivity contribution in [3.8, 4) is 23.0 Å². The maximum absolute atomic E-state index is 12.5. The second-order valence-corrected chi connectivity index (χ2v) is 7.69. The highest BCUT2D eigenvalue weighted by atomic mass is 16.5. The molecule has 0 aromatic heterocycles. The summed E-state index contributed by atoms with van der Waals surface area (Å²) >= 11 is 0. The fraction of sp³-hybridized carbons (Fsp3) is 0.259. The van der Waals surface area contributed by atoms with Crippen LogP contribution in [0.1, 0.15) is 11.1 Å². The lowest BCUT2D eigenvalue weighted by atomic mass is 10.1. The van der Waals surface area contributed by atoms with Gasteiger partial charge in [0.15, 0.2) is 18.1 Å². The molecule has 0 aliphatic carbocycles. The third-order valence-electron chi connectivity index (χ3n) is 5.43. The summed E-state index contributed by atoms with van der Waals surface area (Å²) in [6, 6.07) is 15.1. The van der Waals surface area contributed by atoms with Crippen molar-refractivity contribution in [1.29, 1.82) is 0 Å². The summed E-state index contributed by atoms with van der Waals surface area (Å²) < 4.78 is 26.3. The quantitative estimate of drug-likeness (QED) is 0.320. The lowest BCUT2D eigenvalue weighted by molar-refractivity contribution is -0.147. The van der Waals surface area contributed by atoms with E-state index in [2.05, 4.69) is 0 Å². The summed E-state index contributed by atoms with van der Waals surface area (Å²) in [5.74, 6) is 1.32. The zero-order valence-corrected chi connectivity index (χ0v) is 20.5. The number of amides is 1. The third-order valence-corrected chi connectivity index (χ3v) is 5.43. The molecule has 3 aromatic carbocycles. The average molecular weight is 480 g/mol. The van der Waals surface area contributed by atoms with Gasteiger partial charge in [-0.25, -0.2) is 4.79 Å². The van der Waals surface area contributed by atoms with Crippen LogP contribution in [-0.4, -0.2) is 58.9 Å². The molecule has 0 fully saturated rings. The summed E-state index contributed by atoms with van der Waals surface area (Å²) in [6.45, 7) is 0.0184. The van der Waals surface area contributed by atoms with Crippen LogP contribution in [0.3, 0.4) is 0 Å². The van der Waals surface area contributed by atoms with Crippen molar-refractivity contribution in [1.82, 2.24) is 4.90 Å². The highest BCUT2D eigenvalue weighted by molar-refractivity contribution is 5.90. The summed E-state index contributed by atoms with van der Waals surface area (Å²) in [4.78, 5) is 26.2. The van der Waals surface area contributed by atoms with Gasteiger partial charge >= 0.3 is 5.97 Å². The van der Waals surface area contributed by atoms with Gasteiger partial charge in [0.25, 0.3) is 5.91 Å². The SMILES string of the molecule is COc1ccc2cc(CN(C)C(=O)COC(=O)/C=C/c3cc(OC)c(OC)cc3OC)ccc2c1. The first-order valence-corrected chi connectivity index (χ1v) is 10.8. The third kappa shape index (κ3) is 6.44. The monoisotopic (exact) mass is 479 g/mol. The first kappa shape index (κ1) is 25.4. The van der Waals surface area contributed by atoms with Gasteiger partial charge in [-0.05, 0) is 46.7 Å². The molecule has 8 nitrogen and oxygen atoms in total. The molecule has 1 amide bonds. The highest BCUT2D eigenvalue weighted by Crippen LogP contribution is 2.35. The number of hydrogen-bond donors (Lipinski definition) is 0. The Morgan fingerprint density at radius 1 is 0.800 bits per heavy atom. The maximum Gasteiger partial charge on any atom is 0.331 e. The molecule has 0 unspecified atom stereocenters. The van der Waals surface area contributed by atoms with Gasteiger partial charge in [-0.3, -0.25) is 4.79 Å². The molecular formula is C27H29NO7. The molecule has 0 radical (unpaired) electrons. The van der Waals surface area contributed by atoms with Gasteiger partial charge in [0, 0.05) is 31.3 Å². The van der Waals surface area contributed by atoms with E-state index < -0.39 is 5.97 Å². The lowest BCUT2D eigenvalue weighted by Crippen LogP contribution is -2.30. The Hall–Kier alpha value is -4.20. The number of esters is 1. The van der Waals surface area contributed by atoms with Gasteiger partial charge in [0.2, 0.25) is 0 Å². The molecule has 35 heavy (non-hydrogen) atoms. The van der Waals surface area contributed by atoms with Crippen LogP contribution in [0.4, 0.5) is 0 Å². The normalized spacial score (nSPS) is 10.8. The molecule has 0 saturated heterocycles. The maximum atomic E-state index is 12.5. The number of rotatable bonds is 10. The molecule has 8 heteroatoms. The lowest BCUT2D eigenvalue weighted by Gasteiger charge is -2.17. The van der Waals surface area contributed by atoms with Crippen molar-refractivity contribution >= 4 is 28.7 Å². The summed E-state index contributed by atoms with van der Waals surface area (Å²) in [5.41, 5.74) is 1.56. The van der Waals surface area contributed by atoms with E-state index in [0.29, 0.717) is 29.4 Å². The summed E-state index contributed by atoms with van der Waals surface area (Å²) in [6.07, 6.45) is 2.76. The highest BCUT2D eigenvalue weighted by Gasteiger charge is 2.13. The van der Waals surface area contributed by atoms with Gasteiger partial charge in [-0.15, -0.1) is 0 Å². The van der Waals surface area contributed by atoms with Crippen LogP contribution < -0.4 is 18.9 Å². The van der Waals surface area contributed by atoms with Crippen molar-refractivity contribution in [3.05, 3.63) is 65.7 Å². The zero-order valence-electron chi connectivity index (χ0n) is 20.5. The minimum absolute atomic E-state index is 0.315. The van der Waals surface area contributed by atoms with E-state index in [1.807, 2.05) is 36.4 Å². The molecule has 184 valence electrons. The van der Waals surface area contributed by atoms with Crippen LogP contribution in [-0.2, 0) is 20.9 Å². The molecule has 0 aliphatic rings. The Kier molecular flexibility index (Phi) is 8.56. The Labute approximate surface area is 204 Å². The van der Waals surface area contributed by atoms with E-state index in [1.165, 1.54) is 38.4 Å². The van der Waals surface area contributed by atoms with E-state index >= 15 is 0 Å². The van der Waals surface area contributed by atoms with Gasteiger partial charge in [0.05, 0.1) is 28.4 Å². The van der Waals surface area contributed by atoms with Crippen LogP contribution >= 0.6 is 0 Å².